The Kier molecular flexibility index (Phi) is 4.95. The maximum atomic E-state index is 13.0. The molecule has 0 atom stereocenters. The van der Waals surface area contributed by atoms with E-state index in [4.69, 9.17) is 27.9 Å². The summed E-state index contributed by atoms with van der Waals surface area (Å²) in [6.07, 6.45) is 1.80. The van der Waals surface area contributed by atoms with Crippen molar-refractivity contribution in [2.45, 2.75) is 6.61 Å². The van der Waals surface area contributed by atoms with Crippen molar-refractivity contribution in [3.8, 4) is 5.75 Å². The summed E-state index contributed by atoms with van der Waals surface area (Å²) in [5.41, 5.74) is 3.10. The Morgan fingerprint density at radius 2 is 1.83 bits per heavy atom. The predicted octanol–water partition coefficient (Wildman–Crippen LogP) is 5.34. The summed E-state index contributed by atoms with van der Waals surface area (Å²) in [5, 5.41) is 1.20. The highest BCUT2D eigenvalue weighted by atomic mass is 35.5. The maximum absolute atomic E-state index is 13.0. The smallest absolute Gasteiger partial charge is 0.274 e. The first-order valence-electron chi connectivity index (χ1n) is 9.17. The molecule has 5 rings (SSSR count). The van der Waals surface area contributed by atoms with Crippen LogP contribution in [0.15, 0.2) is 71.5 Å². The normalized spacial score (nSPS) is 12.1. The third kappa shape index (κ3) is 3.45. The fourth-order valence-electron chi connectivity index (χ4n) is 3.29. The largest absolute Gasteiger partial charge is 0.488 e. The number of imidazole rings is 1. The lowest BCUT2D eigenvalue weighted by molar-refractivity contribution is 0.305. The summed E-state index contributed by atoms with van der Waals surface area (Å²) in [6, 6.07) is 20.5. The highest BCUT2D eigenvalue weighted by Gasteiger charge is 2.12. The second-order valence-corrected chi connectivity index (χ2v) is 8.55. The van der Waals surface area contributed by atoms with Crippen LogP contribution >= 0.6 is 34.5 Å². The van der Waals surface area contributed by atoms with E-state index in [0.717, 1.165) is 22.2 Å². The Morgan fingerprint density at radius 3 is 2.70 bits per heavy atom. The third-order valence-electron chi connectivity index (χ3n) is 4.74. The standard InChI is InChI=1S/C23H14Cl2N2O2S/c24-16-9-10-20(29-13-14-5-1-2-6-17(14)25)15(11-16)12-21-22(28)27-19-8-4-3-7-18(19)26-23(27)30-21/h1-12H,13H2/b21-12-. The minimum Gasteiger partial charge on any atom is -0.488 e. The summed E-state index contributed by atoms with van der Waals surface area (Å²) in [7, 11) is 0. The number of benzene rings is 3. The van der Waals surface area contributed by atoms with Crippen LogP contribution in [0.25, 0.3) is 22.1 Å². The van der Waals surface area contributed by atoms with Crippen molar-refractivity contribution in [2.24, 2.45) is 0 Å². The molecule has 3 aromatic carbocycles. The average molecular weight is 453 g/mol. The average Bonchev–Trinajstić information content (AvgIpc) is 3.25. The van der Waals surface area contributed by atoms with E-state index in [-0.39, 0.29) is 5.56 Å². The fraction of sp³-hybridized carbons (Fsp3) is 0.0435. The number of hydrogen-bond acceptors (Lipinski definition) is 4. The lowest BCUT2D eigenvalue weighted by Gasteiger charge is -2.10. The molecule has 0 saturated heterocycles. The van der Waals surface area contributed by atoms with Gasteiger partial charge in [-0.3, -0.25) is 4.79 Å². The van der Waals surface area contributed by atoms with Crippen LogP contribution < -0.4 is 14.8 Å². The van der Waals surface area contributed by atoms with E-state index in [1.165, 1.54) is 11.3 Å². The van der Waals surface area contributed by atoms with Gasteiger partial charge in [-0.05, 0) is 42.5 Å². The molecule has 7 heteroatoms. The van der Waals surface area contributed by atoms with Crippen LogP contribution in [0.3, 0.4) is 0 Å². The van der Waals surface area contributed by atoms with E-state index in [0.29, 0.717) is 31.9 Å². The Balaban J connectivity index is 1.58. The molecule has 0 amide bonds. The van der Waals surface area contributed by atoms with Gasteiger partial charge in [0.25, 0.3) is 5.56 Å². The van der Waals surface area contributed by atoms with Crippen molar-refractivity contribution in [3.05, 3.63) is 103 Å². The molecule has 30 heavy (non-hydrogen) atoms. The molecule has 2 heterocycles. The van der Waals surface area contributed by atoms with Crippen LogP contribution in [-0.4, -0.2) is 9.38 Å². The summed E-state index contributed by atoms with van der Waals surface area (Å²) < 4.78 is 8.21. The second-order valence-electron chi connectivity index (χ2n) is 6.70. The summed E-state index contributed by atoms with van der Waals surface area (Å²) in [5.74, 6) is 0.620. The molecule has 4 nitrogen and oxygen atoms in total. The van der Waals surface area contributed by atoms with Crippen LogP contribution in [0.5, 0.6) is 5.75 Å². The number of ether oxygens (including phenoxy) is 1. The Morgan fingerprint density at radius 1 is 1.03 bits per heavy atom. The first-order valence-corrected chi connectivity index (χ1v) is 10.7. The minimum atomic E-state index is -0.110. The zero-order valence-electron chi connectivity index (χ0n) is 15.5. The Hall–Kier alpha value is -2.86. The van der Waals surface area contributed by atoms with Gasteiger partial charge in [0.1, 0.15) is 12.4 Å². The number of para-hydroxylation sites is 2. The zero-order chi connectivity index (χ0) is 20.7. The van der Waals surface area contributed by atoms with Crippen molar-refractivity contribution < 1.29 is 4.74 Å². The van der Waals surface area contributed by atoms with Crippen molar-refractivity contribution >= 4 is 56.6 Å². The molecule has 0 unspecified atom stereocenters. The van der Waals surface area contributed by atoms with Gasteiger partial charge in [-0.1, -0.05) is 64.9 Å². The van der Waals surface area contributed by atoms with Gasteiger partial charge in [0.15, 0.2) is 4.96 Å². The van der Waals surface area contributed by atoms with E-state index < -0.39 is 0 Å². The summed E-state index contributed by atoms with van der Waals surface area (Å²) >= 11 is 13.8. The van der Waals surface area contributed by atoms with Crippen LogP contribution in [0, 0.1) is 0 Å². The molecule has 0 fully saturated rings. The van der Waals surface area contributed by atoms with E-state index in [9.17, 15) is 4.79 Å². The van der Waals surface area contributed by atoms with Crippen molar-refractivity contribution in [2.75, 3.05) is 0 Å². The molecule has 0 N–H and O–H groups in total. The molecular weight excluding hydrogens is 439 g/mol. The topological polar surface area (TPSA) is 43.6 Å². The lowest BCUT2D eigenvalue weighted by Crippen LogP contribution is -2.22. The zero-order valence-corrected chi connectivity index (χ0v) is 17.8. The number of rotatable bonds is 4. The van der Waals surface area contributed by atoms with Crippen LogP contribution in [0.1, 0.15) is 11.1 Å². The number of halogens is 2. The Bertz CT molecular complexity index is 1510. The van der Waals surface area contributed by atoms with Crippen molar-refractivity contribution in [1.29, 1.82) is 0 Å². The van der Waals surface area contributed by atoms with Crippen LogP contribution in [0.4, 0.5) is 0 Å². The molecular formula is C23H14Cl2N2O2S. The van der Waals surface area contributed by atoms with Gasteiger partial charge in [-0.2, -0.15) is 0 Å². The first-order chi connectivity index (χ1) is 14.6. The van der Waals surface area contributed by atoms with Gasteiger partial charge in [0.2, 0.25) is 0 Å². The quantitative estimate of drug-likeness (QED) is 0.369. The van der Waals surface area contributed by atoms with E-state index in [1.807, 2.05) is 48.5 Å². The van der Waals surface area contributed by atoms with Crippen molar-refractivity contribution in [1.82, 2.24) is 9.38 Å². The molecule has 0 bridgehead atoms. The molecule has 0 radical (unpaired) electrons. The molecule has 0 aliphatic carbocycles. The molecule has 0 aliphatic rings. The second kappa shape index (κ2) is 7.76. The maximum Gasteiger partial charge on any atom is 0.274 e. The monoisotopic (exact) mass is 452 g/mol. The minimum absolute atomic E-state index is 0.110. The highest BCUT2D eigenvalue weighted by molar-refractivity contribution is 7.15. The molecule has 2 aromatic heterocycles. The number of fused-ring (bicyclic) bond motifs is 3. The van der Waals surface area contributed by atoms with E-state index in [1.54, 1.807) is 28.7 Å². The van der Waals surface area contributed by atoms with Gasteiger partial charge in [-0.25, -0.2) is 9.38 Å². The SMILES string of the molecule is O=c1/c(=C/c2cc(Cl)ccc2OCc2ccccc2Cl)sc2nc3ccccc3n12. The summed E-state index contributed by atoms with van der Waals surface area (Å²) in [6.45, 7) is 0.310. The van der Waals surface area contributed by atoms with Gasteiger partial charge < -0.3 is 4.74 Å². The van der Waals surface area contributed by atoms with E-state index >= 15 is 0 Å². The van der Waals surface area contributed by atoms with Crippen molar-refractivity contribution in [3.63, 3.8) is 0 Å². The third-order valence-corrected chi connectivity index (χ3v) is 6.32. The fourth-order valence-corrected chi connectivity index (χ4v) is 4.64. The number of thiazole rings is 1. The molecule has 0 aliphatic heterocycles. The molecule has 0 saturated carbocycles. The lowest BCUT2D eigenvalue weighted by atomic mass is 10.2. The van der Waals surface area contributed by atoms with Gasteiger partial charge in [0, 0.05) is 21.2 Å². The van der Waals surface area contributed by atoms with Gasteiger partial charge in [0.05, 0.1) is 15.6 Å². The van der Waals surface area contributed by atoms with Gasteiger partial charge >= 0.3 is 0 Å². The predicted molar refractivity (Wildman–Crippen MR) is 123 cm³/mol. The molecule has 5 aromatic rings. The van der Waals surface area contributed by atoms with Gasteiger partial charge in [-0.15, -0.1) is 0 Å². The van der Waals surface area contributed by atoms with E-state index in [2.05, 4.69) is 4.98 Å². The first kappa shape index (κ1) is 19.1. The highest BCUT2D eigenvalue weighted by Crippen LogP contribution is 2.26. The number of hydrogen-bond donors (Lipinski definition) is 0. The number of nitrogens with zero attached hydrogens (tertiary/aromatic N) is 2. The molecule has 148 valence electrons. The summed E-state index contributed by atoms with van der Waals surface area (Å²) in [4.78, 5) is 18.3. The number of aromatic nitrogens is 2. The van der Waals surface area contributed by atoms with Crippen LogP contribution in [0.2, 0.25) is 10.0 Å². The Labute approximate surface area is 185 Å². The van der Waals surface area contributed by atoms with Crippen LogP contribution in [-0.2, 0) is 6.61 Å². The molecule has 0 spiro atoms.